The fraction of sp³-hybridized carbons (Fsp3) is 0.722. The molecule has 1 atom stereocenters. The quantitative estimate of drug-likeness (QED) is 0.840. The van der Waals surface area contributed by atoms with Crippen LogP contribution in [0.1, 0.15) is 45.4 Å². The summed E-state index contributed by atoms with van der Waals surface area (Å²) in [6, 6.07) is 0.378. The van der Waals surface area contributed by atoms with Crippen molar-refractivity contribution in [2.24, 2.45) is 0 Å². The van der Waals surface area contributed by atoms with Gasteiger partial charge in [-0.25, -0.2) is 9.78 Å². The number of rotatable bonds is 3. The van der Waals surface area contributed by atoms with Crippen LogP contribution in [0.25, 0.3) is 0 Å². The van der Waals surface area contributed by atoms with Crippen molar-refractivity contribution in [3.8, 4) is 0 Å². The number of likely N-dealkylation sites (tertiary alicyclic amines) is 1. The molecule has 3 aliphatic rings. The normalized spacial score (nSPS) is 24.4. The Kier molecular flexibility index (Phi) is 4.38. The molecular formula is C18H27N5O3. The highest BCUT2D eigenvalue weighted by Crippen LogP contribution is 2.40. The van der Waals surface area contributed by atoms with Crippen molar-refractivity contribution in [2.45, 2.75) is 69.9 Å². The number of hydrogen-bond acceptors (Lipinski definition) is 4. The molecule has 0 aromatic carbocycles. The van der Waals surface area contributed by atoms with Gasteiger partial charge in [0.15, 0.2) is 6.10 Å². The Bertz CT molecular complexity index is 689. The highest BCUT2D eigenvalue weighted by atomic mass is 16.5. The van der Waals surface area contributed by atoms with Crippen LogP contribution in [0.15, 0.2) is 12.4 Å². The van der Waals surface area contributed by atoms with E-state index in [1.54, 1.807) is 6.20 Å². The molecule has 2 N–H and O–H groups in total. The van der Waals surface area contributed by atoms with Gasteiger partial charge in [0.05, 0.1) is 6.54 Å². The first-order chi connectivity index (χ1) is 12.5. The summed E-state index contributed by atoms with van der Waals surface area (Å²) in [6.07, 6.45) is 6.56. The number of fused-ring (bicyclic) bond motifs is 2. The van der Waals surface area contributed by atoms with E-state index >= 15 is 0 Å². The van der Waals surface area contributed by atoms with Crippen LogP contribution in [0.5, 0.6) is 0 Å². The van der Waals surface area contributed by atoms with Gasteiger partial charge in [0.25, 0.3) is 5.91 Å². The molecule has 3 heterocycles. The predicted octanol–water partition coefficient (Wildman–Crippen LogP) is 0.970. The van der Waals surface area contributed by atoms with Crippen LogP contribution in [0.4, 0.5) is 4.79 Å². The Balaban J connectivity index is 1.48. The number of nitrogens with one attached hydrogen (secondary N) is 2. The second kappa shape index (κ2) is 6.57. The van der Waals surface area contributed by atoms with Gasteiger partial charge in [-0.15, -0.1) is 0 Å². The van der Waals surface area contributed by atoms with Gasteiger partial charge in [-0.3, -0.25) is 4.79 Å². The summed E-state index contributed by atoms with van der Waals surface area (Å²) in [5.74, 6) is 0.836. The van der Waals surface area contributed by atoms with Gasteiger partial charge in [0.1, 0.15) is 11.4 Å². The maximum Gasteiger partial charge on any atom is 0.317 e. The van der Waals surface area contributed by atoms with Crippen molar-refractivity contribution in [2.75, 3.05) is 13.1 Å². The molecule has 1 spiro atoms. The first-order valence-corrected chi connectivity index (χ1v) is 9.52. The zero-order valence-corrected chi connectivity index (χ0v) is 15.4. The SMILES string of the molecule is CC(C)NC(=O)N1CCC2(CC1)OC(C(=O)NC1CC1)Cn1ccnc12. The molecule has 3 amide bonds. The second-order valence-corrected chi connectivity index (χ2v) is 7.88. The number of hydrogen-bond donors (Lipinski definition) is 2. The Morgan fingerprint density at radius 1 is 1.31 bits per heavy atom. The van der Waals surface area contributed by atoms with Gasteiger partial charge < -0.3 is 24.8 Å². The van der Waals surface area contributed by atoms with Crippen molar-refractivity contribution >= 4 is 11.9 Å². The number of piperidine rings is 1. The Morgan fingerprint density at radius 2 is 2.04 bits per heavy atom. The summed E-state index contributed by atoms with van der Waals surface area (Å²) in [5.41, 5.74) is -0.595. The first-order valence-electron chi connectivity index (χ1n) is 9.52. The number of nitrogens with zero attached hydrogens (tertiary/aromatic N) is 3. The van der Waals surface area contributed by atoms with E-state index in [0.29, 0.717) is 38.5 Å². The number of carbonyl (C=O) groups excluding carboxylic acids is 2. The minimum absolute atomic E-state index is 0.0359. The minimum atomic E-state index is -0.595. The largest absolute Gasteiger partial charge is 0.352 e. The summed E-state index contributed by atoms with van der Waals surface area (Å²) in [5, 5.41) is 5.98. The second-order valence-electron chi connectivity index (χ2n) is 7.88. The van der Waals surface area contributed by atoms with Crippen LogP contribution < -0.4 is 10.6 Å². The molecular weight excluding hydrogens is 334 g/mol. The Hall–Kier alpha value is -2.09. The molecule has 1 aromatic heterocycles. The average molecular weight is 361 g/mol. The highest BCUT2D eigenvalue weighted by molar-refractivity contribution is 5.81. The molecule has 4 rings (SSSR count). The van der Waals surface area contributed by atoms with E-state index in [1.807, 2.05) is 29.5 Å². The van der Waals surface area contributed by atoms with E-state index in [4.69, 9.17) is 4.74 Å². The average Bonchev–Trinajstić information content (AvgIpc) is 3.27. The Morgan fingerprint density at radius 3 is 2.69 bits per heavy atom. The molecule has 0 bridgehead atoms. The number of imidazole rings is 1. The fourth-order valence-corrected chi connectivity index (χ4v) is 3.81. The third kappa shape index (κ3) is 3.30. The number of urea groups is 1. The fourth-order valence-electron chi connectivity index (χ4n) is 3.81. The third-order valence-corrected chi connectivity index (χ3v) is 5.34. The first kappa shape index (κ1) is 17.3. The molecule has 26 heavy (non-hydrogen) atoms. The van der Waals surface area contributed by atoms with E-state index in [1.165, 1.54) is 0 Å². The zero-order chi connectivity index (χ0) is 18.3. The molecule has 2 aliphatic heterocycles. The van der Waals surface area contributed by atoms with E-state index < -0.39 is 11.7 Å². The summed E-state index contributed by atoms with van der Waals surface area (Å²) in [4.78, 5) is 31.1. The molecule has 1 aromatic rings. The maximum absolute atomic E-state index is 12.6. The summed E-state index contributed by atoms with van der Waals surface area (Å²) < 4.78 is 8.38. The van der Waals surface area contributed by atoms with Crippen molar-refractivity contribution in [3.63, 3.8) is 0 Å². The molecule has 1 unspecified atom stereocenters. The lowest BCUT2D eigenvalue weighted by atomic mass is 9.88. The number of aromatic nitrogens is 2. The van der Waals surface area contributed by atoms with Crippen LogP contribution in [0.2, 0.25) is 0 Å². The third-order valence-electron chi connectivity index (χ3n) is 5.34. The van der Waals surface area contributed by atoms with Crippen molar-refractivity contribution < 1.29 is 14.3 Å². The molecule has 8 heteroatoms. The van der Waals surface area contributed by atoms with Crippen molar-refractivity contribution in [3.05, 3.63) is 18.2 Å². The van der Waals surface area contributed by atoms with Crippen LogP contribution in [-0.4, -0.2) is 57.7 Å². The lowest BCUT2D eigenvalue weighted by molar-refractivity contribution is -0.171. The van der Waals surface area contributed by atoms with E-state index in [0.717, 1.165) is 18.7 Å². The molecule has 1 saturated heterocycles. The van der Waals surface area contributed by atoms with E-state index in [2.05, 4.69) is 15.6 Å². The van der Waals surface area contributed by atoms with Crippen molar-refractivity contribution in [1.29, 1.82) is 0 Å². The lowest BCUT2D eigenvalue weighted by Crippen LogP contribution is -2.56. The molecule has 0 radical (unpaired) electrons. The van der Waals surface area contributed by atoms with Crippen molar-refractivity contribution in [1.82, 2.24) is 25.1 Å². The summed E-state index contributed by atoms with van der Waals surface area (Å²) in [7, 11) is 0. The van der Waals surface area contributed by atoms with Gasteiger partial charge in [0, 0.05) is 50.4 Å². The van der Waals surface area contributed by atoms with Gasteiger partial charge in [-0.05, 0) is 26.7 Å². The van der Waals surface area contributed by atoms with E-state index in [-0.39, 0.29) is 18.0 Å². The van der Waals surface area contributed by atoms with Crippen LogP contribution in [0, 0.1) is 0 Å². The molecule has 1 aliphatic carbocycles. The highest BCUT2D eigenvalue weighted by Gasteiger charge is 2.48. The zero-order valence-electron chi connectivity index (χ0n) is 15.4. The molecule has 1 saturated carbocycles. The van der Waals surface area contributed by atoms with Gasteiger partial charge in [0.2, 0.25) is 0 Å². The Labute approximate surface area is 153 Å². The number of carbonyl (C=O) groups is 2. The minimum Gasteiger partial charge on any atom is -0.352 e. The summed E-state index contributed by atoms with van der Waals surface area (Å²) in [6.45, 7) is 5.57. The monoisotopic (exact) mass is 361 g/mol. The predicted molar refractivity (Wildman–Crippen MR) is 94.4 cm³/mol. The number of ether oxygens (including phenoxy) is 1. The standard InChI is InChI=1S/C18H27N5O3/c1-12(2)20-17(25)22-8-5-18(6-9-22)16-19-7-10-23(16)11-14(26-18)15(24)21-13-3-4-13/h7,10,12-14H,3-6,8-9,11H2,1-2H3,(H,20,25)(H,21,24). The van der Waals surface area contributed by atoms with E-state index in [9.17, 15) is 9.59 Å². The maximum atomic E-state index is 12.6. The van der Waals surface area contributed by atoms with Gasteiger partial charge in [-0.2, -0.15) is 0 Å². The topological polar surface area (TPSA) is 88.5 Å². The molecule has 142 valence electrons. The van der Waals surface area contributed by atoms with Crippen LogP contribution >= 0.6 is 0 Å². The molecule has 2 fully saturated rings. The van der Waals surface area contributed by atoms with Crippen LogP contribution in [-0.2, 0) is 21.7 Å². The molecule has 8 nitrogen and oxygen atoms in total. The van der Waals surface area contributed by atoms with Gasteiger partial charge in [-0.1, -0.05) is 0 Å². The summed E-state index contributed by atoms with van der Waals surface area (Å²) >= 11 is 0. The van der Waals surface area contributed by atoms with Crippen LogP contribution in [0.3, 0.4) is 0 Å². The van der Waals surface area contributed by atoms with Gasteiger partial charge >= 0.3 is 6.03 Å². The smallest absolute Gasteiger partial charge is 0.317 e. The lowest BCUT2D eigenvalue weighted by Gasteiger charge is -2.45. The number of amides is 3.